The lowest BCUT2D eigenvalue weighted by Gasteiger charge is -2.42. The van der Waals surface area contributed by atoms with E-state index in [0.29, 0.717) is 56.5 Å². The minimum atomic E-state index is -3.75. The van der Waals surface area contributed by atoms with Crippen molar-refractivity contribution in [1.29, 1.82) is 0 Å². The van der Waals surface area contributed by atoms with Crippen LogP contribution in [0.15, 0.2) is 59.5 Å². The fourth-order valence-corrected chi connectivity index (χ4v) is 6.35. The third-order valence-corrected chi connectivity index (χ3v) is 8.31. The number of morpholine rings is 1. The normalized spacial score (nSPS) is 22.2. The number of piperidine rings is 1. The summed E-state index contributed by atoms with van der Waals surface area (Å²) in [6.07, 6.45) is 1.58. The van der Waals surface area contributed by atoms with E-state index in [1.54, 1.807) is 23.1 Å². The molecule has 178 valence electrons. The van der Waals surface area contributed by atoms with Crippen LogP contribution in [0.25, 0.3) is 0 Å². The molecule has 0 unspecified atom stereocenters. The fourth-order valence-electron chi connectivity index (χ4n) is 4.46. The Kier molecular flexibility index (Phi) is 7.58. The second-order valence-corrected chi connectivity index (χ2v) is 11.0. The number of sulfonamides is 1. The van der Waals surface area contributed by atoms with Crippen LogP contribution in [-0.4, -0.2) is 69.5 Å². The molecule has 0 N–H and O–H groups in total. The molecule has 2 aromatic rings. The van der Waals surface area contributed by atoms with E-state index in [0.717, 1.165) is 0 Å². The summed E-state index contributed by atoms with van der Waals surface area (Å²) >= 11 is 6.05. The molecule has 2 fully saturated rings. The van der Waals surface area contributed by atoms with Gasteiger partial charge in [0.05, 0.1) is 24.7 Å². The molecule has 2 aromatic carbocycles. The smallest absolute Gasteiger partial charge is 0.243 e. The van der Waals surface area contributed by atoms with Crippen molar-refractivity contribution in [1.82, 2.24) is 9.21 Å². The van der Waals surface area contributed by atoms with E-state index >= 15 is 0 Å². The maximum Gasteiger partial charge on any atom is 0.243 e. The molecule has 2 aliphatic heterocycles. The van der Waals surface area contributed by atoms with Gasteiger partial charge in [0, 0.05) is 43.0 Å². The molecule has 0 bridgehead atoms. The molecule has 2 heterocycles. The molecule has 2 saturated heterocycles. The van der Waals surface area contributed by atoms with Crippen LogP contribution in [0.2, 0.25) is 5.02 Å². The number of hydrogen-bond donors (Lipinski definition) is 0. The molecule has 33 heavy (non-hydrogen) atoms. The number of hydrogen-bond acceptors (Lipinski definition) is 5. The Morgan fingerprint density at radius 3 is 2.55 bits per heavy atom. The lowest BCUT2D eigenvalue weighted by molar-refractivity contribution is -0.139. The Morgan fingerprint density at radius 2 is 1.82 bits per heavy atom. The Hall–Kier alpha value is -2.13. The van der Waals surface area contributed by atoms with Crippen molar-refractivity contribution in [3.63, 3.8) is 0 Å². The van der Waals surface area contributed by atoms with E-state index in [2.05, 4.69) is 0 Å². The van der Waals surface area contributed by atoms with Crippen molar-refractivity contribution < 1.29 is 22.7 Å². The number of carbonyl (C=O) groups is 1. The average Bonchev–Trinajstić information content (AvgIpc) is 2.84. The highest BCUT2D eigenvalue weighted by Gasteiger charge is 2.43. The zero-order valence-electron chi connectivity index (χ0n) is 18.5. The number of nitrogens with zero attached hydrogens (tertiary/aromatic N) is 2. The maximum atomic E-state index is 13.4. The molecule has 0 saturated carbocycles. The van der Waals surface area contributed by atoms with Crippen LogP contribution < -0.4 is 4.74 Å². The van der Waals surface area contributed by atoms with Crippen molar-refractivity contribution >= 4 is 27.5 Å². The maximum absolute atomic E-state index is 13.4. The Morgan fingerprint density at radius 1 is 1.06 bits per heavy atom. The molecular formula is C24H29ClN2O5S. The van der Waals surface area contributed by atoms with E-state index in [4.69, 9.17) is 21.1 Å². The first kappa shape index (κ1) is 24.0. The van der Waals surface area contributed by atoms with Gasteiger partial charge in [-0.3, -0.25) is 4.79 Å². The molecule has 7 nitrogen and oxygen atoms in total. The number of amides is 1. The van der Waals surface area contributed by atoms with E-state index in [1.165, 1.54) is 10.4 Å². The lowest BCUT2D eigenvalue weighted by Crippen LogP contribution is -2.51. The summed E-state index contributed by atoms with van der Waals surface area (Å²) < 4.78 is 39.7. The number of rotatable bonds is 7. The first-order valence-electron chi connectivity index (χ1n) is 11.2. The third-order valence-electron chi connectivity index (χ3n) is 6.24. The van der Waals surface area contributed by atoms with Gasteiger partial charge < -0.3 is 14.4 Å². The van der Waals surface area contributed by atoms with E-state index < -0.39 is 15.4 Å². The first-order chi connectivity index (χ1) is 15.9. The van der Waals surface area contributed by atoms with E-state index in [1.807, 2.05) is 30.3 Å². The summed E-state index contributed by atoms with van der Waals surface area (Å²) in [6.45, 7) is 3.02. The highest BCUT2D eigenvalue weighted by Crippen LogP contribution is 2.37. The monoisotopic (exact) mass is 492 g/mol. The van der Waals surface area contributed by atoms with Crippen molar-refractivity contribution in [3.05, 3.63) is 59.6 Å². The van der Waals surface area contributed by atoms with E-state index in [-0.39, 0.29) is 30.4 Å². The molecule has 4 rings (SSSR count). The second kappa shape index (κ2) is 10.4. The molecule has 0 aromatic heterocycles. The predicted molar refractivity (Wildman–Crippen MR) is 126 cm³/mol. The SMILES string of the molecule is O=C(C[C@@]1(COc2ccccc2)CCCN(S(=O)(=O)c2cccc(Cl)c2)C1)N1CCOCC1. The molecular weight excluding hydrogens is 464 g/mol. The largest absolute Gasteiger partial charge is 0.493 e. The van der Waals surface area contributed by atoms with Gasteiger partial charge in [0.15, 0.2) is 0 Å². The zero-order valence-corrected chi connectivity index (χ0v) is 20.1. The third kappa shape index (κ3) is 5.87. The van der Waals surface area contributed by atoms with Crippen LogP contribution >= 0.6 is 11.6 Å². The van der Waals surface area contributed by atoms with Gasteiger partial charge >= 0.3 is 0 Å². The Balaban J connectivity index is 1.57. The summed E-state index contributed by atoms with van der Waals surface area (Å²) in [5, 5.41) is 0.370. The number of para-hydroxylation sites is 1. The van der Waals surface area contributed by atoms with Crippen molar-refractivity contribution in [2.75, 3.05) is 46.0 Å². The van der Waals surface area contributed by atoms with Gasteiger partial charge in [0.1, 0.15) is 5.75 Å². The summed E-state index contributed by atoms with van der Waals surface area (Å²) in [5.41, 5.74) is -0.630. The Labute approximate surface area is 200 Å². The molecule has 1 atom stereocenters. The summed E-state index contributed by atoms with van der Waals surface area (Å²) in [6, 6.07) is 15.7. The second-order valence-electron chi connectivity index (χ2n) is 8.67. The van der Waals surface area contributed by atoms with Crippen LogP contribution in [0.5, 0.6) is 5.75 Å². The van der Waals surface area contributed by atoms with Gasteiger partial charge in [-0.2, -0.15) is 4.31 Å². The van der Waals surface area contributed by atoms with Crippen LogP contribution in [-0.2, 0) is 19.6 Å². The number of ether oxygens (including phenoxy) is 2. The number of halogens is 1. The molecule has 0 spiro atoms. The van der Waals surface area contributed by atoms with Crippen LogP contribution in [0.1, 0.15) is 19.3 Å². The van der Waals surface area contributed by atoms with Gasteiger partial charge in [-0.15, -0.1) is 0 Å². The zero-order chi connectivity index (χ0) is 23.3. The number of benzene rings is 2. The summed E-state index contributed by atoms with van der Waals surface area (Å²) in [4.78, 5) is 15.1. The van der Waals surface area contributed by atoms with Crippen LogP contribution in [0.3, 0.4) is 0 Å². The number of carbonyl (C=O) groups excluding carboxylic acids is 1. The summed E-state index contributed by atoms with van der Waals surface area (Å²) in [5.74, 6) is 0.711. The quantitative estimate of drug-likeness (QED) is 0.591. The van der Waals surface area contributed by atoms with Gasteiger partial charge in [-0.25, -0.2) is 8.42 Å². The molecule has 0 aliphatic carbocycles. The summed E-state index contributed by atoms with van der Waals surface area (Å²) in [7, 11) is -3.75. The van der Waals surface area contributed by atoms with Gasteiger partial charge in [-0.1, -0.05) is 35.9 Å². The van der Waals surface area contributed by atoms with E-state index in [9.17, 15) is 13.2 Å². The van der Waals surface area contributed by atoms with Gasteiger partial charge in [-0.05, 0) is 43.2 Å². The Bertz CT molecular complexity index is 1060. The average molecular weight is 493 g/mol. The standard InChI is InChI=1S/C24H29ClN2O5S/c25-20-6-4-9-22(16-20)33(29,30)27-11-5-10-24(18-27,19-32-21-7-2-1-3-8-21)17-23(28)26-12-14-31-15-13-26/h1-4,6-9,16H,5,10-15,17-19H2/t24-/m0/s1. The molecule has 9 heteroatoms. The minimum Gasteiger partial charge on any atom is -0.493 e. The minimum absolute atomic E-state index is 0.0111. The first-order valence-corrected chi connectivity index (χ1v) is 13.0. The van der Waals surface area contributed by atoms with Crippen LogP contribution in [0, 0.1) is 5.41 Å². The molecule has 1 amide bonds. The highest BCUT2D eigenvalue weighted by molar-refractivity contribution is 7.89. The van der Waals surface area contributed by atoms with Gasteiger partial charge in [0.25, 0.3) is 0 Å². The predicted octanol–water partition coefficient (Wildman–Crippen LogP) is 3.44. The lowest BCUT2D eigenvalue weighted by atomic mass is 9.78. The van der Waals surface area contributed by atoms with Crippen molar-refractivity contribution in [2.24, 2.45) is 5.41 Å². The topological polar surface area (TPSA) is 76.2 Å². The van der Waals surface area contributed by atoms with Gasteiger partial charge in [0.2, 0.25) is 15.9 Å². The molecule has 0 radical (unpaired) electrons. The fraction of sp³-hybridized carbons (Fsp3) is 0.458. The highest BCUT2D eigenvalue weighted by atomic mass is 35.5. The molecule has 2 aliphatic rings. The van der Waals surface area contributed by atoms with Crippen LogP contribution in [0.4, 0.5) is 0 Å². The van der Waals surface area contributed by atoms with Crippen molar-refractivity contribution in [2.45, 2.75) is 24.2 Å². The van der Waals surface area contributed by atoms with Crippen molar-refractivity contribution in [3.8, 4) is 5.75 Å².